The van der Waals surface area contributed by atoms with Gasteiger partial charge in [0.25, 0.3) is 0 Å². The molecule has 2 aromatic carbocycles. The fourth-order valence-corrected chi connectivity index (χ4v) is 4.35. The van der Waals surface area contributed by atoms with Crippen LogP contribution in [0.2, 0.25) is 0 Å². The summed E-state index contributed by atoms with van der Waals surface area (Å²) in [4.78, 5) is 16.3. The number of rotatable bonds is 8. The molecule has 0 amide bonds. The Hall–Kier alpha value is -2.96. The lowest BCUT2D eigenvalue weighted by atomic mass is 9.94. The molecule has 1 fully saturated rings. The van der Waals surface area contributed by atoms with Gasteiger partial charge >= 0.3 is 5.97 Å². The van der Waals surface area contributed by atoms with Crippen molar-refractivity contribution in [2.24, 2.45) is 0 Å². The third-order valence-corrected chi connectivity index (χ3v) is 6.27. The Kier molecular flexibility index (Phi) is 7.26. The molecule has 0 aliphatic heterocycles. The maximum atomic E-state index is 11.6. The minimum Gasteiger partial charge on any atom is -0.478 e. The van der Waals surface area contributed by atoms with Crippen LogP contribution in [0.25, 0.3) is 11.5 Å². The van der Waals surface area contributed by atoms with E-state index in [9.17, 15) is 9.90 Å². The van der Waals surface area contributed by atoms with Crippen LogP contribution < -0.4 is 0 Å². The van der Waals surface area contributed by atoms with Crippen molar-refractivity contribution in [2.75, 3.05) is 0 Å². The van der Waals surface area contributed by atoms with Crippen LogP contribution in [0.1, 0.15) is 64.2 Å². The highest BCUT2D eigenvalue weighted by atomic mass is 16.5. The van der Waals surface area contributed by atoms with E-state index in [-0.39, 0.29) is 12.2 Å². The molecular weight excluding hydrogens is 418 g/mol. The summed E-state index contributed by atoms with van der Waals surface area (Å²) in [6, 6.07) is 13.6. The number of hydrogen-bond donors (Lipinski definition) is 1. The van der Waals surface area contributed by atoms with Crippen molar-refractivity contribution in [1.82, 2.24) is 4.98 Å². The van der Waals surface area contributed by atoms with Crippen LogP contribution in [0, 0.1) is 20.8 Å². The van der Waals surface area contributed by atoms with Crippen LogP contribution in [0.3, 0.4) is 0 Å². The molecule has 1 aliphatic carbocycles. The zero-order valence-corrected chi connectivity index (χ0v) is 19.5. The summed E-state index contributed by atoms with van der Waals surface area (Å²) in [5, 5.41) is 9.52. The first-order valence-corrected chi connectivity index (χ1v) is 11.5. The Morgan fingerprint density at radius 1 is 1.03 bits per heavy atom. The number of aryl methyl sites for hydroxylation is 3. The fourth-order valence-electron chi connectivity index (χ4n) is 4.35. The second-order valence-electron chi connectivity index (χ2n) is 8.83. The summed E-state index contributed by atoms with van der Waals surface area (Å²) in [5.74, 6) is 0.475. The van der Waals surface area contributed by atoms with Crippen molar-refractivity contribution in [3.05, 3.63) is 76.2 Å². The number of carboxylic acids is 1. The number of nitrogens with zero attached hydrogens (tertiary/aromatic N) is 1. The number of benzene rings is 2. The monoisotopic (exact) mass is 449 g/mol. The highest BCUT2D eigenvalue weighted by Gasteiger charge is 2.25. The predicted molar refractivity (Wildman–Crippen MR) is 125 cm³/mol. The summed E-state index contributed by atoms with van der Waals surface area (Å²) >= 11 is 0. The van der Waals surface area contributed by atoms with Crippen LogP contribution in [0.15, 0.2) is 46.9 Å². The van der Waals surface area contributed by atoms with E-state index in [0.29, 0.717) is 30.2 Å². The molecule has 0 bridgehead atoms. The fraction of sp³-hybridized carbons (Fsp3) is 0.407. The molecule has 1 N–H and O–H groups in total. The van der Waals surface area contributed by atoms with Gasteiger partial charge in [0.2, 0.25) is 5.89 Å². The second kappa shape index (κ2) is 10.3. The van der Waals surface area contributed by atoms with E-state index in [4.69, 9.17) is 13.9 Å². The van der Waals surface area contributed by atoms with E-state index in [1.807, 2.05) is 56.3 Å². The number of aromatic nitrogens is 1. The predicted octanol–water partition coefficient (Wildman–Crippen LogP) is 6.01. The Morgan fingerprint density at radius 3 is 2.42 bits per heavy atom. The Labute approximate surface area is 194 Å². The third kappa shape index (κ3) is 5.70. The number of carbonyl (C=O) groups is 1. The number of oxazole rings is 1. The third-order valence-electron chi connectivity index (χ3n) is 6.27. The van der Waals surface area contributed by atoms with Crippen molar-refractivity contribution in [2.45, 2.75) is 71.9 Å². The topological polar surface area (TPSA) is 81.8 Å². The van der Waals surface area contributed by atoms with Gasteiger partial charge < -0.3 is 19.0 Å². The van der Waals surface area contributed by atoms with E-state index in [2.05, 4.69) is 11.9 Å². The van der Waals surface area contributed by atoms with Gasteiger partial charge in [-0.2, -0.15) is 0 Å². The molecule has 33 heavy (non-hydrogen) atoms. The molecule has 6 heteroatoms. The quantitative estimate of drug-likeness (QED) is 0.453. The standard InChI is InChI=1S/C27H31NO5/c1-17-10-12-20(13-11-17)26-28-24(19(3)33-26)16-32-23-9-5-8-22(14-23)31-15-21-7-4-6-18(2)25(21)27(29)30/h4,6-7,10-13,22-23H,5,8-9,14-16H2,1-3H3,(H,29,30)/t22?,23-/m0/s1. The molecule has 0 spiro atoms. The van der Waals surface area contributed by atoms with Crippen LogP contribution in [-0.2, 0) is 22.7 Å². The minimum absolute atomic E-state index is 0.0485. The lowest BCUT2D eigenvalue weighted by Gasteiger charge is -2.29. The Balaban J connectivity index is 1.32. The van der Waals surface area contributed by atoms with Crippen molar-refractivity contribution in [3.8, 4) is 11.5 Å². The maximum absolute atomic E-state index is 11.6. The Bertz CT molecular complexity index is 1100. The molecule has 2 atom stereocenters. The van der Waals surface area contributed by atoms with Crippen molar-refractivity contribution in [3.63, 3.8) is 0 Å². The molecule has 4 rings (SSSR count). The van der Waals surface area contributed by atoms with Gasteiger partial charge in [-0.15, -0.1) is 0 Å². The molecule has 1 aliphatic rings. The molecular formula is C27H31NO5. The van der Waals surface area contributed by atoms with Crippen LogP contribution in [0.4, 0.5) is 0 Å². The molecule has 3 aromatic rings. The second-order valence-corrected chi connectivity index (χ2v) is 8.83. The van der Waals surface area contributed by atoms with E-state index in [1.54, 1.807) is 0 Å². The van der Waals surface area contributed by atoms with Gasteiger partial charge in [0.1, 0.15) is 11.5 Å². The smallest absolute Gasteiger partial charge is 0.336 e. The lowest BCUT2D eigenvalue weighted by molar-refractivity contribution is -0.0564. The average Bonchev–Trinajstić information content (AvgIpc) is 3.17. The Morgan fingerprint density at radius 2 is 1.73 bits per heavy atom. The maximum Gasteiger partial charge on any atom is 0.336 e. The molecule has 1 unspecified atom stereocenters. The first-order chi connectivity index (χ1) is 15.9. The molecule has 0 saturated heterocycles. The number of ether oxygens (including phenoxy) is 2. The van der Waals surface area contributed by atoms with Crippen molar-refractivity contribution in [1.29, 1.82) is 0 Å². The first-order valence-electron chi connectivity index (χ1n) is 11.5. The van der Waals surface area contributed by atoms with Gasteiger partial charge in [0.15, 0.2) is 0 Å². The number of carboxylic acid groups (broad SMARTS) is 1. The van der Waals surface area contributed by atoms with Gasteiger partial charge in [-0.3, -0.25) is 0 Å². The molecule has 1 heterocycles. The summed E-state index contributed by atoms with van der Waals surface area (Å²) in [6.45, 7) is 6.48. The van der Waals surface area contributed by atoms with Gasteiger partial charge in [0, 0.05) is 5.56 Å². The number of aromatic carboxylic acids is 1. The molecule has 1 saturated carbocycles. The van der Waals surface area contributed by atoms with Gasteiger partial charge in [-0.1, -0.05) is 35.9 Å². The van der Waals surface area contributed by atoms with E-state index >= 15 is 0 Å². The van der Waals surface area contributed by atoms with Crippen molar-refractivity contribution < 1.29 is 23.8 Å². The molecule has 6 nitrogen and oxygen atoms in total. The highest BCUT2D eigenvalue weighted by molar-refractivity contribution is 5.91. The zero-order valence-electron chi connectivity index (χ0n) is 19.5. The summed E-state index contributed by atoms with van der Waals surface area (Å²) < 4.78 is 18.2. The van der Waals surface area contributed by atoms with Gasteiger partial charge in [-0.05, 0) is 69.7 Å². The number of hydrogen-bond acceptors (Lipinski definition) is 5. The minimum atomic E-state index is -0.912. The largest absolute Gasteiger partial charge is 0.478 e. The van der Waals surface area contributed by atoms with Gasteiger partial charge in [0.05, 0.1) is 31.0 Å². The van der Waals surface area contributed by atoms with Crippen molar-refractivity contribution >= 4 is 5.97 Å². The van der Waals surface area contributed by atoms with E-state index < -0.39 is 5.97 Å². The first kappa shape index (κ1) is 23.2. The molecule has 0 radical (unpaired) electrons. The average molecular weight is 450 g/mol. The van der Waals surface area contributed by atoms with E-state index in [0.717, 1.165) is 48.3 Å². The highest BCUT2D eigenvalue weighted by Crippen LogP contribution is 2.28. The molecule has 174 valence electrons. The summed E-state index contributed by atoms with van der Waals surface area (Å²) in [5.41, 5.74) is 4.78. The lowest BCUT2D eigenvalue weighted by Crippen LogP contribution is -2.28. The van der Waals surface area contributed by atoms with Crippen LogP contribution >= 0.6 is 0 Å². The van der Waals surface area contributed by atoms with E-state index in [1.165, 1.54) is 5.56 Å². The van der Waals surface area contributed by atoms with Crippen LogP contribution in [-0.4, -0.2) is 28.3 Å². The van der Waals surface area contributed by atoms with Gasteiger partial charge in [-0.25, -0.2) is 9.78 Å². The summed E-state index contributed by atoms with van der Waals surface area (Å²) in [7, 11) is 0. The SMILES string of the molecule is Cc1ccc(-c2nc(CO[C@H]3CCCC(OCc4cccc(C)c4C(=O)O)C3)c(C)o2)cc1. The normalized spacial score (nSPS) is 18.4. The van der Waals surface area contributed by atoms with Crippen LogP contribution in [0.5, 0.6) is 0 Å². The molecule has 1 aromatic heterocycles. The summed E-state index contributed by atoms with van der Waals surface area (Å²) in [6.07, 6.45) is 3.87. The zero-order chi connectivity index (χ0) is 23.4.